The summed E-state index contributed by atoms with van der Waals surface area (Å²) in [6.45, 7) is 7.11. The summed E-state index contributed by atoms with van der Waals surface area (Å²) in [5, 5.41) is 3.28. The van der Waals surface area contributed by atoms with Crippen molar-refractivity contribution in [1.29, 1.82) is 0 Å². The van der Waals surface area contributed by atoms with E-state index in [-0.39, 0.29) is 5.56 Å². The molecule has 0 saturated heterocycles. The predicted octanol–water partition coefficient (Wildman–Crippen LogP) is 3.45. The van der Waals surface area contributed by atoms with Gasteiger partial charge in [0.15, 0.2) is 0 Å². The highest BCUT2D eigenvalue weighted by atomic mass is 16.1. The van der Waals surface area contributed by atoms with Crippen LogP contribution in [0.4, 0.5) is 0 Å². The number of aryl methyl sites for hydroxylation is 1. The Hall–Kier alpha value is -1.77. The van der Waals surface area contributed by atoms with Gasteiger partial charge in [0.1, 0.15) is 0 Å². The van der Waals surface area contributed by atoms with E-state index in [0.29, 0.717) is 5.92 Å². The molecule has 0 radical (unpaired) electrons. The van der Waals surface area contributed by atoms with Crippen molar-refractivity contribution in [1.82, 2.24) is 9.78 Å². The molecule has 1 N–H and O–H groups in total. The van der Waals surface area contributed by atoms with Crippen LogP contribution in [-0.2, 0) is 13.0 Å². The van der Waals surface area contributed by atoms with Gasteiger partial charge in [0.05, 0.1) is 5.56 Å². The van der Waals surface area contributed by atoms with E-state index in [4.69, 9.17) is 0 Å². The summed E-state index contributed by atoms with van der Waals surface area (Å²) in [5.41, 5.74) is 3.00. The van der Waals surface area contributed by atoms with Gasteiger partial charge in [-0.2, -0.15) is 0 Å². The standard InChI is InChI=1S/C16H22N2O/c1-4-8-14-15(13-9-6-5-7-10-13)16(19)18(17-14)11-12(2)3/h5-7,9-10,12,17H,4,8,11H2,1-3H3. The lowest BCUT2D eigenvalue weighted by Crippen LogP contribution is -2.20. The molecule has 0 bridgehead atoms. The van der Waals surface area contributed by atoms with E-state index in [0.717, 1.165) is 36.2 Å². The van der Waals surface area contributed by atoms with Gasteiger partial charge in [-0.15, -0.1) is 0 Å². The number of benzene rings is 1. The smallest absolute Gasteiger partial charge is 0.274 e. The fourth-order valence-electron chi connectivity index (χ4n) is 2.36. The maximum atomic E-state index is 12.5. The van der Waals surface area contributed by atoms with Crippen molar-refractivity contribution in [3.8, 4) is 11.1 Å². The Morgan fingerprint density at radius 1 is 1.21 bits per heavy atom. The lowest BCUT2D eigenvalue weighted by atomic mass is 10.0. The molecule has 102 valence electrons. The lowest BCUT2D eigenvalue weighted by Gasteiger charge is -2.04. The maximum Gasteiger partial charge on any atom is 0.274 e. The molecule has 0 fully saturated rings. The summed E-state index contributed by atoms with van der Waals surface area (Å²) in [4.78, 5) is 12.5. The summed E-state index contributed by atoms with van der Waals surface area (Å²) < 4.78 is 1.75. The van der Waals surface area contributed by atoms with Crippen molar-refractivity contribution < 1.29 is 0 Å². The Kier molecular flexibility index (Phi) is 4.25. The Morgan fingerprint density at radius 2 is 1.89 bits per heavy atom. The van der Waals surface area contributed by atoms with E-state index in [9.17, 15) is 4.79 Å². The zero-order chi connectivity index (χ0) is 13.8. The second kappa shape index (κ2) is 5.91. The number of nitrogens with one attached hydrogen (secondary N) is 1. The molecule has 19 heavy (non-hydrogen) atoms. The van der Waals surface area contributed by atoms with Crippen LogP contribution in [0.5, 0.6) is 0 Å². The second-order valence-corrected chi connectivity index (χ2v) is 5.39. The molecule has 0 aliphatic rings. The van der Waals surface area contributed by atoms with Gasteiger partial charge >= 0.3 is 0 Å². The molecular weight excluding hydrogens is 236 g/mol. The zero-order valence-corrected chi connectivity index (χ0v) is 11.9. The van der Waals surface area contributed by atoms with Crippen molar-refractivity contribution in [2.75, 3.05) is 0 Å². The summed E-state index contributed by atoms with van der Waals surface area (Å²) >= 11 is 0. The molecular formula is C16H22N2O. The number of hydrogen-bond acceptors (Lipinski definition) is 1. The average Bonchev–Trinajstić information content (AvgIpc) is 2.67. The van der Waals surface area contributed by atoms with Gasteiger partial charge < -0.3 is 0 Å². The highest BCUT2D eigenvalue weighted by molar-refractivity contribution is 5.65. The molecule has 2 rings (SSSR count). The number of nitrogens with zero attached hydrogens (tertiary/aromatic N) is 1. The first-order chi connectivity index (χ1) is 9.13. The number of aromatic nitrogens is 2. The topological polar surface area (TPSA) is 37.8 Å². The molecule has 1 aromatic carbocycles. The summed E-state index contributed by atoms with van der Waals surface area (Å²) in [6, 6.07) is 9.93. The van der Waals surface area contributed by atoms with E-state index in [2.05, 4.69) is 25.9 Å². The first-order valence-electron chi connectivity index (χ1n) is 7.00. The molecule has 0 aliphatic heterocycles. The molecule has 0 amide bonds. The summed E-state index contributed by atoms with van der Waals surface area (Å²) in [5.74, 6) is 0.453. The lowest BCUT2D eigenvalue weighted by molar-refractivity contribution is 0.469. The van der Waals surface area contributed by atoms with Crippen LogP contribution in [0, 0.1) is 5.92 Å². The highest BCUT2D eigenvalue weighted by Gasteiger charge is 2.15. The van der Waals surface area contributed by atoms with Gasteiger partial charge in [0.2, 0.25) is 0 Å². The third-order valence-electron chi connectivity index (χ3n) is 3.14. The average molecular weight is 258 g/mol. The molecule has 2 aromatic rings. The Bertz CT molecular complexity index is 579. The number of aromatic amines is 1. The van der Waals surface area contributed by atoms with Gasteiger partial charge in [0, 0.05) is 12.2 Å². The molecule has 0 aliphatic carbocycles. The second-order valence-electron chi connectivity index (χ2n) is 5.39. The van der Waals surface area contributed by atoms with E-state index in [1.165, 1.54) is 0 Å². The quantitative estimate of drug-likeness (QED) is 0.876. The molecule has 0 spiro atoms. The first kappa shape index (κ1) is 13.7. The van der Waals surface area contributed by atoms with E-state index >= 15 is 0 Å². The molecule has 0 atom stereocenters. The number of H-pyrrole nitrogens is 1. The van der Waals surface area contributed by atoms with Crippen molar-refractivity contribution in [3.63, 3.8) is 0 Å². The predicted molar refractivity (Wildman–Crippen MR) is 79.3 cm³/mol. The molecule has 0 saturated carbocycles. The zero-order valence-electron chi connectivity index (χ0n) is 11.9. The van der Waals surface area contributed by atoms with Gasteiger partial charge in [-0.3, -0.25) is 14.6 Å². The van der Waals surface area contributed by atoms with Crippen LogP contribution >= 0.6 is 0 Å². The van der Waals surface area contributed by atoms with Gasteiger partial charge in [-0.25, -0.2) is 0 Å². The van der Waals surface area contributed by atoms with Gasteiger partial charge in [-0.05, 0) is 17.9 Å². The fourth-order valence-corrected chi connectivity index (χ4v) is 2.36. The number of rotatable bonds is 5. The van der Waals surface area contributed by atoms with Gasteiger partial charge in [0.25, 0.3) is 5.56 Å². The van der Waals surface area contributed by atoms with E-state index in [1.54, 1.807) is 4.68 Å². The normalized spacial score (nSPS) is 11.2. The largest absolute Gasteiger partial charge is 0.299 e. The third kappa shape index (κ3) is 2.98. The minimum Gasteiger partial charge on any atom is -0.299 e. The fraction of sp³-hybridized carbons (Fsp3) is 0.438. The van der Waals surface area contributed by atoms with Crippen molar-refractivity contribution in [2.45, 2.75) is 40.2 Å². The van der Waals surface area contributed by atoms with Crippen LogP contribution in [0.2, 0.25) is 0 Å². The maximum absolute atomic E-state index is 12.5. The van der Waals surface area contributed by atoms with Crippen LogP contribution in [0.1, 0.15) is 32.9 Å². The van der Waals surface area contributed by atoms with Crippen LogP contribution in [0.15, 0.2) is 35.1 Å². The molecule has 0 unspecified atom stereocenters. The molecule has 3 nitrogen and oxygen atoms in total. The van der Waals surface area contributed by atoms with Gasteiger partial charge in [-0.1, -0.05) is 57.5 Å². The minimum atomic E-state index is 0.100. The minimum absolute atomic E-state index is 0.100. The molecule has 3 heteroatoms. The van der Waals surface area contributed by atoms with Crippen LogP contribution in [-0.4, -0.2) is 9.78 Å². The van der Waals surface area contributed by atoms with E-state index in [1.807, 2.05) is 30.3 Å². The van der Waals surface area contributed by atoms with Crippen LogP contribution in [0.3, 0.4) is 0 Å². The Balaban J connectivity index is 2.52. The molecule has 1 aromatic heterocycles. The monoisotopic (exact) mass is 258 g/mol. The van der Waals surface area contributed by atoms with Crippen molar-refractivity contribution in [3.05, 3.63) is 46.4 Å². The molecule has 1 heterocycles. The highest BCUT2D eigenvalue weighted by Crippen LogP contribution is 2.20. The van der Waals surface area contributed by atoms with Crippen LogP contribution < -0.4 is 5.56 Å². The Morgan fingerprint density at radius 3 is 2.47 bits per heavy atom. The summed E-state index contributed by atoms with van der Waals surface area (Å²) in [7, 11) is 0. The third-order valence-corrected chi connectivity index (χ3v) is 3.14. The van der Waals surface area contributed by atoms with E-state index < -0.39 is 0 Å². The number of hydrogen-bond donors (Lipinski definition) is 1. The van der Waals surface area contributed by atoms with Crippen molar-refractivity contribution >= 4 is 0 Å². The first-order valence-corrected chi connectivity index (χ1v) is 7.00. The van der Waals surface area contributed by atoms with Crippen LogP contribution in [0.25, 0.3) is 11.1 Å². The van der Waals surface area contributed by atoms with Crippen molar-refractivity contribution in [2.24, 2.45) is 5.92 Å². The summed E-state index contributed by atoms with van der Waals surface area (Å²) in [6.07, 6.45) is 1.94. The Labute approximate surface area is 114 Å². The SMILES string of the molecule is CCCc1[nH]n(CC(C)C)c(=O)c1-c1ccccc1.